The fraction of sp³-hybridized carbons (Fsp3) is 0.208. The maximum atomic E-state index is 13.1. The first kappa shape index (κ1) is 20.1. The van der Waals surface area contributed by atoms with Crippen LogP contribution in [0.25, 0.3) is 21.3 Å². The van der Waals surface area contributed by atoms with E-state index in [2.05, 4.69) is 9.97 Å². The van der Waals surface area contributed by atoms with Gasteiger partial charge in [-0.25, -0.2) is 4.98 Å². The summed E-state index contributed by atoms with van der Waals surface area (Å²) in [6, 6.07) is 17.4. The van der Waals surface area contributed by atoms with E-state index in [1.165, 1.54) is 0 Å². The van der Waals surface area contributed by atoms with E-state index in [-0.39, 0.29) is 12.0 Å². The molecule has 5 rings (SSSR count). The minimum absolute atomic E-state index is 0.0109. The lowest BCUT2D eigenvalue weighted by Gasteiger charge is -2.32. The molecular formula is C24H20ClN3O2S. The second kappa shape index (κ2) is 8.38. The van der Waals surface area contributed by atoms with Crippen molar-refractivity contribution in [1.29, 1.82) is 0 Å². The third-order valence-electron chi connectivity index (χ3n) is 5.37. The summed E-state index contributed by atoms with van der Waals surface area (Å²) in [4.78, 5) is 24.0. The zero-order valence-corrected chi connectivity index (χ0v) is 18.5. The third kappa shape index (κ3) is 4.19. The third-order valence-corrected chi connectivity index (χ3v) is 6.54. The number of carbonyl (C=O) groups is 1. The molecule has 2 aromatic heterocycles. The zero-order chi connectivity index (χ0) is 21.4. The molecule has 0 radical (unpaired) electrons. The number of halogens is 1. The fourth-order valence-corrected chi connectivity index (χ4v) is 4.86. The van der Waals surface area contributed by atoms with Crippen molar-refractivity contribution in [1.82, 2.24) is 14.9 Å². The number of carbonyl (C=O) groups excluding carboxylic acids is 1. The molecule has 0 bridgehead atoms. The number of nitrogens with zero attached hydrogens (tertiary/aromatic N) is 3. The van der Waals surface area contributed by atoms with Crippen LogP contribution in [-0.2, 0) is 4.74 Å². The van der Waals surface area contributed by atoms with E-state index in [4.69, 9.17) is 16.3 Å². The van der Waals surface area contributed by atoms with Gasteiger partial charge in [0.1, 0.15) is 6.10 Å². The Morgan fingerprint density at radius 3 is 2.87 bits per heavy atom. The number of amides is 1. The predicted molar refractivity (Wildman–Crippen MR) is 124 cm³/mol. The highest BCUT2D eigenvalue weighted by molar-refractivity contribution is 7.18. The molecule has 0 unspecified atom stereocenters. The summed E-state index contributed by atoms with van der Waals surface area (Å²) in [5.74, 6) is 0.0109. The lowest BCUT2D eigenvalue weighted by Crippen LogP contribution is -2.42. The number of rotatable bonds is 3. The Kier molecular flexibility index (Phi) is 5.44. The van der Waals surface area contributed by atoms with Crippen molar-refractivity contribution in [2.45, 2.75) is 13.0 Å². The first-order valence-electron chi connectivity index (χ1n) is 10.1. The van der Waals surface area contributed by atoms with Crippen molar-refractivity contribution in [3.8, 4) is 11.1 Å². The Bertz CT molecular complexity index is 1260. The number of hydrogen-bond donors (Lipinski definition) is 0. The Hall–Kier alpha value is -2.80. The lowest BCUT2D eigenvalue weighted by molar-refractivity contribution is -0.0247. The Morgan fingerprint density at radius 2 is 2.06 bits per heavy atom. The average molecular weight is 450 g/mol. The molecule has 7 heteroatoms. The Labute approximate surface area is 189 Å². The quantitative estimate of drug-likeness (QED) is 0.412. The lowest BCUT2D eigenvalue weighted by atomic mass is 10.1. The van der Waals surface area contributed by atoms with Crippen LogP contribution in [0.1, 0.15) is 27.2 Å². The van der Waals surface area contributed by atoms with Crippen LogP contribution in [0, 0.1) is 6.92 Å². The first-order valence-corrected chi connectivity index (χ1v) is 11.3. The number of benzene rings is 2. The molecule has 1 aliphatic rings. The molecule has 4 aromatic rings. The van der Waals surface area contributed by atoms with Crippen LogP contribution in [-0.4, -0.2) is 40.5 Å². The summed E-state index contributed by atoms with van der Waals surface area (Å²) in [6.45, 7) is 3.50. The van der Waals surface area contributed by atoms with Crippen molar-refractivity contribution in [2.75, 3.05) is 19.7 Å². The van der Waals surface area contributed by atoms with Gasteiger partial charge in [0, 0.05) is 28.9 Å². The molecule has 0 spiro atoms. The van der Waals surface area contributed by atoms with Crippen LogP contribution >= 0.6 is 22.9 Å². The second-order valence-corrected chi connectivity index (χ2v) is 9.18. The standard InChI is InChI=1S/C24H20ClN3O2S/c1-15-27-21-8-5-17(12-23(21)31-15)24(29)28-9-10-30-22(14-28)20-7-6-18(13-26-20)16-3-2-4-19(25)11-16/h2-8,11-13,22H,9-10,14H2,1H3/t22-/m1/s1. The summed E-state index contributed by atoms with van der Waals surface area (Å²) in [7, 11) is 0. The fourth-order valence-electron chi connectivity index (χ4n) is 3.80. The van der Waals surface area contributed by atoms with Crippen LogP contribution in [0.5, 0.6) is 0 Å². The van der Waals surface area contributed by atoms with E-state index >= 15 is 0 Å². The Balaban J connectivity index is 1.33. The van der Waals surface area contributed by atoms with Gasteiger partial charge in [0.25, 0.3) is 5.91 Å². The highest BCUT2D eigenvalue weighted by Gasteiger charge is 2.27. The number of fused-ring (bicyclic) bond motifs is 1. The van der Waals surface area contributed by atoms with Crippen molar-refractivity contribution in [3.63, 3.8) is 0 Å². The highest BCUT2D eigenvalue weighted by Crippen LogP contribution is 2.27. The molecule has 5 nitrogen and oxygen atoms in total. The van der Waals surface area contributed by atoms with Gasteiger partial charge in [-0.1, -0.05) is 29.8 Å². The van der Waals surface area contributed by atoms with Gasteiger partial charge in [0.05, 0.1) is 34.1 Å². The van der Waals surface area contributed by atoms with E-state index < -0.39 is 0 Å². The number of hydrogen-bond acceptors (Lipinski definition) is 5. The SMILES string of the molecule is Cc1nc2ccc(C(=O)N3CCO[C@@H](c4ccc(-c5cccc(Cl)c5)cn4)C3)cc2s1. The Morgan fingerprint density at radius 1 is 1.16 bits per heavy atom. The van der Waals surface area contributed by atoms with Gasteiger partial charge in [-0.3, -0.25) is 9.78 Å². The molecule has 156 valence electrons. The molecule has 3 heterocycles. The van der Waals surface area contributed by atoms with Gasteiger partial charge < -0.3 is 9.64 Å². The molecule has 1 saturated heterocycles. The van der Waals surface area contributed by atoms with Gasteiger partial charge in [-0.2, -0.15) is 0 Å². The summed E-state index contributed by atoms with van der Waals surface area (Å²) >= 11 is 7.70. The second-order valence-electron chi connectivity index (χ2n) is 7.51. The minimum atomic E-state index is -0.250. The predicted octanol–water partition coefficient (Wildman–Crippen LogP) is 5.53. The average Bonchev–Trinajstić information content (AvgIpc) is 3.18. The number of aryl methyl sites for hydroxylation is 1. The molecule has 1 atom stereocenters. The number of morpholine rings is 1. The summed E-state index contributed by atoms with van der Waals surface area (Å²) in [5, 5.41) is 1.69. The molecular weight excluding hydrogens is 430 g/mol. The van der Waals surface area contributed by atoms with Crippen LogP contribution < -0.4 is 0 Å². The highest BCUT2D eigenvalue weighted by atomic mass is 35.5. The van der Waals surface area contributed by atoms with E-state index in [9.17, 15) is 4.79 Å². The van der Waals surface area contributed by atoms with E-state index in [0.717, 1.165) is 32.0 Å². The van der Waals surface area contributed by atoms with Gasteiger partial charge >= 0.3 is 0 Å². The van der Waals surface area contributed by atoms with Crippen molar-refractivity contribution >= 4 is 39.1 Å². The number of aromatic nitrogens is 2. The molecule has 0 aliphatic carbocycles. The molecule has 1 amide bonds. The maximum absolute atomic E-state index is 13.1. The van der Waals surface area contributed by atoms with Crippen LogP contribution in [0.2, 0.25) is 5.02 Å². The normalized spacial score (nSPS) is 16.6. The number of thiazole rings is 1. The first-order chi connectivity index (χ1) is 15.1. The summed E-state index contributed by atoms with van der Waals surface area (Å²) < 4.78 is 6.97. The van der Waals surface area contributed by atoms with Gasteiger partial charge in [-0.05, 0) is 48.9 Å². The molecule has 1 aliphatic heterocycles. The smallest absolute Gasteiger partial charge is 0.254 e. The van der Waals surface area contributed by atoms with Gasteiger partial charge in [-0.15, -0.1) is 11.3 Å². The zero-order valence-electron chi connectivity index (χ0n) is 16.9. The minimum Gasteiger partial charge on any atom is -0.368 e. The molecule has 0 saturated carbocycles. The van der Waals surface area contributed by atoms with E-state index in [0.29, 0.717) is 30.3 Å². The molecule has 0 N–H and O–H groups in total. The molecule has 1 fully saturated rings. The maximum Gasteiger partial charge on any atom is 0.254 e. The van der Waals surface area contributed by atoms with E-state index in [1.54, 1.807) is 11.3 Å². The number of ether oxygens (including phenoxy) is 1. The van der Waals surface area contributed by atoms with Crippen molar-refractivity contribution < 1.29 is 9.53 Å². The van der Waals surface area contributed by atoms with Crippen molar-refractivity contribution in [2.24, 2.45) is 0 Å². The van der Waals surface area contributed by atoms with E-state index in [1.807, 2.05) is 72.6 Å². The van der Waals surface area contributed by atoms with Crippen LogP contribution in [0.15, 0.2) is 60.8 Å². The van der Waals surface area contributed by atoms with Crippen molar-refractivity contribution in [3.05, 3.63) is 82.1 Å². The summed E-state index contributed by atoms with van der Waals surface area (Å²) in [6.07, 6.45) is 1.58. The molecule has 2 aromatic carbocycles. The molecule has 31 heavy (non-hydrogen) atoms. The van der Waals surface area contributed by atoms with Crippen LogP contribution in [0.4, 0.5) is 0 Å². The number of pyridine rings is 1. The largest absolute Gasteiger partial charge is 0.368 e. The topological polar surface area (TPSA) is 55.3 Å². The monoisotopic (exact) mass is 449 g/mol. The van der Waals surface area contributed by atoms with Gasteiger partial charge in [0.15, 0.2) is 0 Å². The van der Waals surface area contributed by atoms with Crippen LogP contribution in [0.3, 0.4) is 0 Å². The van der Waals surface area contributed by atoms with Gasteiger partial charge in [0.2, 0.25) is 0 Å². The summed E-state index contributed by atoms with van der Waals surface area (Å²) in [5.41, 5.74) is 4.44.